The molecule has 1 saturated heterocycles. The van der Waals surface area contributed by atoms with Crippen LogP contribution < -0.4 is 9.64 Å². The Morgan fingerprint density at radius 3 is 2.62 bits per heavy atom. The Hall–Kier alpha value is -2.16. The Balaban J connectivity index is 2.38. The fourth-order valence-electron chi connectivity index (χ4n) is 2.13. The van der Waals surface area contributed by atoms with E-state index in [0.717, 1.165) is 4.90 Å². The summed E-state index contributed by atoms with van der Waals surface area (Å²) in [4.78, 5) is 23.8. The number of aromatic carboxylic acids is 1. The van der Waals surface area contributed by atoms with Crippen molar-refractivity contribution in [2.75, 3.05) is 18.6 Å². The normalized spacial score (nSPS) is 18.9. The van der Waals surface area contributed by atoms with E-state index in [1.54, 1.807) is 0 Å². The topological polar surface area (TPSA) is 101 Å². The number of methoxy groups -OCH3 is 1. The lowest BCUT2D eigenvalue weighted by Gasteiger charge is -2.19. The summed E-state index contributed by atoms with van der Waals surface area (Å²) in [5, 5.41) is 7.47. The van der Waals surface area contributed by atoms with Gasteiger partial charge in [0.2, 0.25) is 5.91 Å². The average Bonchev–Trinajstić information content (AvgIpc) is 2.79. The molecule has 9 heteroatoms. The molecular formula is C12H12FNO6S. The first kappa shape index (κ1) is 15.2. The van der Waals surface area contributed by atoms with Gasteiger partial charge in [-0.1, -0.05) is 0 Å². The fourth-order valence-corrected chi connectivity index (χ4v) is 2.80. The molecule has 114 valence electrons. The van der Waals surface area contributed by atoms with Crippen molar-refractivity contribution in [3.8, 4) is 5.75 Å². The van der Waals surface area contributed by atoms with Gasteiger partial charge in [-0.15, -0.1) is 3.89 Å². The van der Waals surface area contributed by atoms with Crippen LogP contribution in [0.15, 0.2) is 18.2 Å². The predicted octanol–water partition coefficient (Wildman–Crippen LogP) is 0.798. The fraction of sp³-hybridized carbons (Fsp3) is 0.333. The molecule has 2 rings (SSSR count). The SMILES string of the molecule is COc1cc(C(=O)O)ccc1N1CC(S(=O)(=O)F)CC1=O. The lowest BCUT2D eigenvalue weighted by atomic mass is 10.2. The highest BCUT2D eigenvalue weighted by molar-refractivity contribution is 7.87. The van der Waals surface area contributed by atoms with Gasteiger partial charge in [0, 0.05) is 13.0 Å². The monoisotopic (exact) mass is 317 g/mol. The number of benzene rings is 1. The maximum Gasteiger partial charge on any atom is 0.335 e. The van der Waals surface area contributed by atoms with Crippen LogP contribution in [0.25, 0.3) is 0 Å². The largest absolute Gasteiger partial charge is 0.495 e. The minimum atomic E-state index is -4.81. The molecular weight excluding hydrogens is 305 g/mol. The number of carboxylic acids is 1. The number of carbonyl (C=O) groups is 2. The van der Waals surface area contributed by atoms with Crippen molar-refractivity contribution in [2.24, 2.45) is 0 Å². The van der Waals surface area contributed by atoms with Crippen LogP contribution >= 0.6 is 0 Å². The van der Waals surface area contributed by atoms with Gasteiger partial charge in [0.25, 0.3) is 0 Å². The number of carboxylic acid groups (broad SMARTS) is 1. The van der Waals surface area contributed by atoms with Crippen LogP contribution in [0.4, 0.5) is 9.57 Å². The first-order valence-electron chi connectivity index (χ1n) is 5.89. The van der Waals surface area contributed by atoms with E-state index >= 15 is 0 Å². The predicted molar refractivity (Wildman–Crippen MR) is 70.7 cm³/mol. The molecule has 1 aliphatic rings. The van der Waals surface area contributed by atoms with Crippen molar-refractivity contribution >= 4 is 27.8 Å². The summed E-state index contributed by atoms with van der Waals surface area (Å²) in [6.45, 7) is -0.333. The van der Waals surface area contributed by atoms with E-state index in [1.807, 2.05) is 0 Å². The third kappa shape index (κ3) is 2.97. The first-order chi connectivity index (χ1) is 9.74. The molecule has 1 aromatic rings. The van der Waals surface area contributed by atoms with Crippen molar-refractivity contribution in [1.82, 2.24) is 0 Å². The molecule has 0 aliphatic carbocycles. The Morgan fingerprint density at radius 1 is 1.48 bits per heavy atom. The summed E-state index contributed by atoms with van der Waals surface area (Å²) in [6.07, 6.45) is -0.456. The van der Waals surface area contributed by atoms with Crippen LogP contribution in [-0.4, -0.2) is 44.3 Å². The van der Waals surface area contributed by atoms with Gasteiger partial charge in [0.15, 0.2) is 0 Å². The zero-order chi connectivity index (χ0) is 15.8. The number of amides is 1. The number of carbonyl (C=O) groups excluding carboxylic acids is 1. The maximum atomic E-state index is 13.0. The molecule has 21 heavy (non-hydrogen) atoms. The molecule has 0 saturated carbocycles. The molecule has 1 atom stereocenters. The van der Waals surface area contributed by atoms with Crippen molar-refractivity contribution < 1.29 is 31.7 Å². The second-order valence-corrected chi connectivity index (χ2v) is 6.12. The smallest absolute Gasteiger partial charge is 0.335 e. The second kappa shape index (κ2) is 5.32. The van der Waals surface area contributed by atoms with Crippen LogP contribution in [0.1, 0.15) is 16.8 Å². The molecule has 0 radical (unpaired) electrons. The Kier molecular flexibility index (Phi) is 3.86. The summed E-state index contributed by atoms with van der Waals surface area (Å²) in [6, 6.07) is 3.79. The quantitative estimate of drug-likeness (QED) is 0.824. The highest BCUT2D eigenvalue weighted by Crippen LogP contribution is 2.34. The lowest BCUT2D eigenvalue weighted by molar-refractivity contribution is -0.117. The molecule has 0 aromatic heterocycles. The van der Waals surface area contributed by atoms with Crippen LogP contribution in [-0.2, 0) is 15.0 Å². The van der Waals surface area contributed by atoms with Gasteiger partial charge in [-0.25, -0.2) is 4.79 Å². The summed E-state index contributed by atoms with van der Waals surface area (Å²) in [5.74, 6) is -1.64. The molecule has 1 unspecified atom stereocenters. The van der Waals surface area contributed by atoms with Gasteiger partial charge in [-0.05, 0) is 18.2 Å². The Bertz CT molecular complexity index is 702. The van der Waals surface area contributed by atoms with Gasteiger partial charge in [0.05, 0.1) is 18.4 Å². The van der Waals surface area contributed by atoms with Gasteiger partial charge >= 0.3 is 16.2 Å². The zero-order valence-corrected chi connectivity index (χ0v) is 11.8. The minimum absolute atomic E-state index is 0.0445. The third-order valence-corrected chi connectivity index (χ3v) is 4.32. The van der Waals surface area contributed by atoms with E-state index in [0.29, 0.717) is 0 Å². The maximum absolute atomic E-state index is 13.0. The van der Waals surface area contributed by atoms with E-state index in [1.165, 1.54) is 25.3 Å². The summed E-state index contributed by atoms with van der Waals surface area (Å²) in [5.41, 5.74) is 0.163. The molecule has 1 aromatic carbocycles. The number of hydrogen-bond donors (Lipinski definition) is 1. The highest BCUT2D eigenvalue weighted by atomic mass is 32.3. The minimum Gasteiger partial charge on any atom is -0.495 e. The highest BCUT2D eigenvalue weighted by Gasteiger charge is 2.40. The van der Waals surface area contributed by atoms with Crippen LogP contribution in [0.5, 0.6) is 5.75 Å². The van der Waals surface area contributed by atoms with Crippen molar-refractivity contribution in [2.45, 2.75) is 11.7 Å². The molecule has 1 fully saturated rings. The lowest BCUT2D eigenvalue weighted by Crippen LogP contribution is -2.27. The number of anilines is 1. The Labute approximate surface area is 120 Å². The average molecular weight is 317 g/mol. The zero-order valence-electron chi connectivity index (χ0n) is 10.9. The van der Waals surface area contributed by atoms with Crippen molar-refractivity contribution in [3.63, 3.8) is 0 Å². The summed E-state index contributed by atoms with van der Waals surface area (Å²) < 4.78 is 39.8. The summed E-state index contributed by atoms with van der Waals surface area (Å²) >= 11 is 0. The van der Waals surface area contributed by atoms with Gasteiger partial charge in [-0.2, -0.15) is 8.42 Å². The van der Waals surface area contributed by atoms with Crippen LogP contribution in [0.3, 0.4) is 0 Å². The first-order valence-corrected chi connectivity index (χ1v) is 7.34. The van der Waals surface area contributed by atoms with Crippen LogP contribution in [0, 0.1) is 0 Å². The molecule has 1 amide bonds. The van der Waals surface area contributed by atoms with E-state index in [4.69, 9.17) is 9.84 Å². The number of halogens is 1. The number of rotatable bonds is 4. The van der Waals surface area contributed by atoms with E-state index < -0.39 is 33.8 Å². The van der Waals surface area contributed by atoms with Gasteiger partial charge in [-0.3, -0.25) is 4.79 Å². The van der Waals surface area contributed by atoms with Crippen molar-refractivity contribution in [1.29, 1.82) is 0 Å². The molecule has 1 N–H and O–H groups in total. The number of ether oxygens (including phenoxy) is 1. The second-order valence-electron chi connectivity index (χ2n) is 4.50. The Morgan fingerprint density at radius 2 is 2.14 bits per heavy atom. The number of nitrogens with zero attached hydrogens (tertiary/aromatic N) is 1. The molecule has 7 nitrogen and oxygen atoms in total. The molecule has 0 spiro atoms. The molecule has 0 bridgehead atoms. The summed E-state index contributed by atoms with van der Waals surface area (Å²) in [7, 11) is -3.53. The molecule has 1 heterocycles. The standard InChI is InChI=1S/C12H12FNO6S/c1-20-10-4-7(12(16)17)2-3-9(10)14-6-8(5-11(14)15)21(13,18)19/h2-4,8H,5-6H2,1H3,(H,16,17). The van der Waals surface area contributed by atoms with E-state index in [2.05, 4.69) is 0 Å². The van der Waals surface area contributed by atoms with Gasteiger partial charge in [0.1, 0.15) is 11.0 Å². The molecule has 1 aliphatic heterocycles. The van der Waals surface area contributed by atoms with E-state index in [9.17, 15) is 21.9 Å². The van der Waals surface area contributed by atoms with Gasteiger partial charge < -0.3 is 14.7 Å². The van der Waals surface area contributed by atoms with E-state index in [-0.39, 0.29) is 23.5 Å². The number of hydrogen-bond acceptors (Lipinski definition) is 5. The third-order valence-electron chi connectivity index (χ3n) is 3.21. The van der Waals surface area contributed by atoms with Crippen LogP contribution in [0.2, 0.25) is 0 Å². The van der Waals surface area contributed by atoms with Crippen molar-refractivity contribution in [3.05, 3.63) is 23.8 Å².